The van der Waals surface area contributed by atoms with Crippen LogP contribution in [0.1, 0.15) is 29.5 Å². The third-order valence-electron chi connectivity index (χ3n) is 3.15. The Morgan fingerprint density at radius 3 is 2.48 bits per heavy atom. The van der Waals surface area contributed by atoms with Gasteiger partial charge in [-0.15, -0.1) is 11.3 Å². The van der Waals surface area contributed by atoms with Gasteiger partial charge in [-0.2, -0.15) is 0 Å². The molecule has 2 aromatic rings. The SMILES string of the molecule is CCCc1nc(N(C)C)sc1Cc1ccc([N+](=O)[O-])cc1. The van der Waals surface area contributed by atoms with Gasteiger partial charge in [-0.05, 0) is 12.0 Å². The van der Waals surface area contributed by atoms with Gasteiger partial charge in [0.15, 0.2) is 5.13 Å². The number of nitrogens with zero attached hydrogens (tertiary/aromatic N) is 3. The van der Waals surface area contributed by atoms with Crippen molar-refractivity contribution < 1.29 is 4.92 Å². The number of thiazole rings is 1. The van der Waals surface area contributed by atoms with Crippen LogP contribution in [0.15, 0.2) is 24.3 Å². The van der Waals surface area contributed by atoms with E-state index in [1.54, 1.807) is 23.5 Å². The first-order chi connectivity index (χ1) is 10.0. The summed E-state index contributed by atoms with van der Waals surface area (Å²) in [7, 11) is 3.98. The molecule has 21 heavy (non-hydrogen) atoms. The molecule has 0 spiro atoms. The molecule has 0 radical (unpaired) electrons. The Kier molecular flexibility index (Phi) is 4.90. The molecular formula is C15H19N3O2S. The number of hydrogen-bond donors (Lipinski definition) is 0. The van der Waals surface area contributed by atoms with Crippen molar-refractivity contribution in [3.63, 3.8) is 0 Å². The van der Waals surface area contributed by atoms with Gasteiger partial charge >= 0.3 is 0 Å². The van der Waals surface area contributed by atoms with Crippen LogP contribution in [0.25, 0.3) is 0 Å². The molecule has 6 heteroatoms. The van der Waals surface area contributed by atoms with E-state index in [1.807, 2.05) is 31.1 Å². The van der Waals surface area contributed by atoms with Crippen molar-refractivity contribution in [2.75, 3.05) is 19.0 Å². The van der Waals surface area contributed by atoms with Gasteiger partial charge in [0.2, 0.25) is 0 Å². The van der Waals surface area contributed by atoms with Crippen molar-refractivity contribution in [2.24, 2.45) is 0 Å². The van der Waals surface area contributed by atoms with Crippen LogP contribution in [0.3, 0.4) is 0 Å². The predicted molar refractivity (Wildman–Crippen MR) is 86.3 cm³/mol. The quantitative estimate of drug-likeness (QED) is 0.603. The highest BCUT2D eigenvalue weighted by atomic mass is 32.1. The maximum Gasteiger partial charge on any atom is 0.269 e. The normalized spacial score (nSPS) is 10.6. The highest BCUT2D eigenvalue weighted by Crippen LogP contribution is 2.28. The number of aryl methyl sites for hydroxylation is 1. The largest absolute Gasteiger partial charge is 0.354 e. The van der Waals surface area contributed by atoms with Gasteiger partial charge in [-0.25, -0.2) is 4.98 Å². The lowest BCUT2D eigenvalue weighted by Gasteiger charge is -2.05. The van der Waals surface area contributed by atoms with Crippen molar-refractivity contribution in [3.8, 4) is 0 Å². The summed E-state index contributed by atoms with van der Waals surface area (Å²) >= 11 is 1.69. The van der Waals surface area contributed by atoms with Crippen LogP contribution in [0.2, 0.25) is 0 Å². The number of aromatic nitrogens is 1. The standard InChI is InChI=1S/C15H19N3O2S/c1-4-5-13-14(21-15(16-13)17(2)3)10-11-6-8-12(9-7-11)18(19)20/h6-9H,4-5,10H2,1-3H3. The highest BCUT2D eigenvalue weighted by Gasteiger charge is 2.13. The van der Waals surface area contributed by atoms with Crippen molar-refractivity contribution >= 4 is 22.2 Å². The van der Waals surface area contributed by atoms with Gasteiger partial charge in [0, 0.05) is 37.5 Å². The predicted octanol–water partition coefficient (Wildman–Crippen LogP) is 3.66. The summed E-state index contributed by atoms with van der Waals surface area (Å²) in [5.74, 6) is 0. The first-order valence-corrected chi connectivity index (χ1v) is 7.72. The second-order valence-electron chi connectivity index (χ2n) is 5.11. The zero-order chi connectivity index (χ0) is 15.4. The van der Waals surface area contributed by atoms with E-state index in [0.717, 1.165) is 35.7 Å². The number of anilines is 1. The molecule has 0 N–H and O–H groups in total. The van der Waals surface area contributed by atoms with Crippen LogP contribution in [-0.2, 0) is 12.8 Å². The van der Waals surface area contributed by atoms with Gasteiger partial charge < -0.3 is 4.90 Å². The van der Waals surface area contributed by atoms with Crippen molar-refractivity contribution in [1.82, 2.24) is 4.98 Å². The molecular weight excluding hydrogens is 286 g/mol. The van der Waals surface area contributed by atoms with E-state index < -0.39 is 0 Å². The summed E-state index contributed by atoms with van der Waals surface area (Å²) in [6.07, 6.45) is 2.80. The number of nitro benzene ring substituents is 1. The molecule has 1 aromatic carbocycles. The van der Waals surface area contributed by atoms with Crippen molar-refractivity contribution in [2.45, 2.75) is 26.2 Å². The molecule has 1 aromatic heterocycles. The fourth-order valence-electron chi connectivity index (χ4n) is 2.05. The minimum absolute atomic E-state index is 0.130. The highest BCUT2D eigenvalue weighted by molar-refractivity contribution is 7.15. The summed E-state index contributed by atoms with van der Waals surface area (Å²) in [6.45, 7) is 2.14. The first-order valence-electron chi connectivity index (χ1n) is 6.90. The number of rotatable bonds is 6. The minimum Gasteiger partial charge on any atom is -0.354 e. The van der Waals surface area contributed by atoms with Crippen molar-refractivity contribution in [3.05, 3.63) is 50.5 Å². The number of hydrogen-bond acceptors (Lipinski definition) is 5. The molecule has 1 heterocycles. The zero-order valence-corrected chi connectivity index (χ0v) is 13.3. The molecule has 0 saturated heterocycles. The molecule has 0 saturated carbocycles. The Morgan fingerprint density at radius 2 is 1.95 bits per heavy atom. The van der Waals surface area contributed by atoms with Crippen LogP contribution in [-0.4, -0.2) is 24.0 Å². The van der Waals surface area contributed by atoms with Gasteiger partial charge in [0.25, 0.3) is 5.69 Å². The monoisotopic (exact) mass is 305 g/mol. The van der Waals surface area contributed by atoms with Gasteiger partial charge in [0.1, 0.15) is 0 Å². The van der Waals surface area contributed by atoms with Crippen LogP contribution in [0.5, 0.6) is 0 Å². The Bertz CT molecular complexity index is 620. The summed E-state index contributed by atoms with van der Waals surface area (Å²) in [5, 5.41) is 11.7. The molecule has 0 aliphatic rings. The van der Waals surface area contributed by atoms with Gasteiger partial charge in [-0.1, -0.05) is 25.5 Å². The molecule has 0 atom stereocenters. The van der Waals surface area contributed by atoms with E-state index in [2.05, 4.69) is 11.9 Å². The fraction of sp³-hybridized carbons (Fsp3) is 0.400. The molecule has 0 amide bonds. The van der Waals surface area contributed by atoms with Crippen LogP contribution in [0, 0.1) is 10.1 Å². The number of benzene rings is 1. The molecule has 0 aliphatic heterocycles. The maximum atomic E-state index is 10.7. The van der Waals surface area contributed by atoms with E-state index in [4.69, 9.17) is 0 Å². The molecule has 0 fully saturated rings. The average Bonchev–Trinajstić information content (AvgIpc) is 2.83. The molecule has 112 valence electrons. The van der Waals surface area contributed by atoms with Crippen LogP contribution in [0.4, 0.5) is 10.8 Å². The summed E-state index contributed by atoms with van der Waals surface area (Å²) < 4.78 is 0. The second kappa shape index (κ2) is 6.67. The molecule has 5 nitrogen and oxygen atoms in total. The van der Waals surface area contributed by atoms with Crippen LogP contribution >= 0.6 is 11.3 Å². The van der Waals surface area contributed by atoms with E-state index >= 15 is 0 Å². The molecule has 0 unspecified atom stereocenters. The van der Waals surface area contributed by atoms with E-state index in [1.165, 1.54) is 4.88 Å². The van der Waals surface area contributed by atoms with Gasteiger partial charge in [-0.3, -0.25) is 10.1 Å². The number of nitro groups is 1. The second-order valence-corrected chi connectivity index (χ2v) is 6.17. The lowest BCUT2D eigenvalue weighted by molar-refractivity contribution is -0.384. The minimum atomic E-state index is -0.372. The average molecular weight is 305 g/mol. The Balaban J connectivity index is 2.23. The Morgan fingerprint density at radius 1 is 1.29 bits per heavy atom. The smallest absolute Gasteiger partial charge is 0.269 e. The summed E-state index contributed by atoms with van der Waals surface area (Å²) in [4.78, 5) is 18.2. The zero-order valence-electron chi connectivity index (χ0n) is 12.5. The van der Waals surface area contributed by atoms with E-state index in [9.17, 15) is 10.1 Å². The number of non-ortho nitro benzene ring substituents is 1. The van der Waals surface area contributed by atoms with Crippen molar-refractivity contribution in [1.29, 1.82) is 0 Å². The van der Waals surface area contributed by atoms with E-state index in [0.29, 0.717) is 0 Å². The van der Waals surface area contributed by atoms with E-state index in [-0.39, 0.29) is 10.6 Å². The molecule has 0 aliphatic carbocycles. The fourth-order valence-corrected chi connectivity index (χ4v) is 3.12. The van der Waals surface area contributed by atoms with Gasteiger partial charge in [0.05, 0.1) is 10.6 Å². The third kappa shape index (κ3) is 3.78. The molecule has 0 bridgehead atoms. The molecule has 2 rings (SSSR count). The topological polar surface area (TPSA) is 59.3 Å². The third-order valence-corrected chi connectivity index (χ3v) is 4.41. The Labute approximate surface area is 128 Å². The van der Waals surface area contributed by atoms with Crippen LogP contribution < -0.4 is 4.90 Å². The Hall–Kier alpha value is -1.95. The lowest BCUT2D eigenvalue weighted by atomic mass is 10.1. The lowest BCUT2D eigenvalue weighted by Crippen LogP contribution is -2.07. The summed E-state index contributed by atoms with van der Waals surface area (Å²) in [5.41, 5.74) is 2.35. The summed E-state index contributed by atoms with van der Waals surface area (Å²) in [6, 6.07) is 6.76. The maximum absolute atomic E-state index is 10.7. The first kappa shape index (κ1) is 15.4.